The van der Waals surface area contributed by atoms with Gasteiger partial charge in [0.15, 0.2) is 0 Å². The van der Waals surface area contributed by atoms with Crippen molar-refractivity contribution in [2.45, 2.75) is 41.5 Å². The van der Waals surface area contributed by atoms with Crippen molar-refractivity contribution in [3.63, 3.8) is 0 Å². The van der Waals surface area contributed by atoms with Gasteiger partial charge in [-0.3, -0.25) is 4.98 Å². The summed E-state index contributed by atoms with van der Waals surface area (Å²) in [5, 5.41) is 0. The maximum atomic E-state index is 6.11. The smallest absolute Gasteiger partial charge is 0.0972 e. The number of aromatic nitrogens is 2. The Balaban J connectivity index is 2.00. The number of hydrogen-bond donors (Lipinski definition) is 1. The Labute approximate surface area is 185 Å². The van der Waals surface area contributed by atoms with Gasteiger partial charge in [0.1, 0.15) is 0 Å². The van der Waals surface area contributed by atoms with Crippen LogP contribution in [0.15, 0.2) is 54.7 Å². The van der Waals surface area contributed by atoms with Gasteiger partial charge < -0.3 is 5.73 Å². The maximum Gasteiger partial charge on any atom is 0.0972 e. The molecular formula is C28H29N3. The Morgan fingerprint density at radius 1 is 0.581 bits per heavy atom. The van der Waals surface area contributed by atoms with Crippen LogP contribution in [-0.4, -0.2) is 9.97 Å². The average Bonchev–Trinajstić information content (AvgIpc) is 2.69. The van der Waals surface area contributed by atoms with Crippen LogP contribution in [0.4, 0.5) is 5.69 Å². The van der Waals surface area contributed by atoms with Gasteiger partial charge in [0, 0.05) is 22.4 Å². The fraction of sp³-hybridized carbons (Fsp3) is 0.214. The Morgan fingerprint density at radius 3 is 1.65 bits per heavy atom. The number of nitrogen functional groups attached to an aromatic ring is 1. The molecule has 31 heavy (non-hydrogen) atoms. The van der Waals surface area contributed by atoms with E-state index in [0.717, 1.165) is 50.6 Å². The molecule has 0 spiro atoms. The van der Waals surface area contributed by atoms with E-state index in [9.17, 15) is 0 Å². The van der Waals surface area contributed by atoms with E-state index >= 15 is 0 Å². The van der Waals surface area contributed by atoms with Crippen molar-refractivity contribution < 1.29 is 0 Å². The highest BCUT2D eigenvalue weighted by Crippen LogP contribution is 2.34. The van der Waals surface area contributed by atoms with E-state index in [1.807, 2.05) is 19.2 Å². The standard InChI is InChI=1S/C28H29N3/c1-16-7-17(2)10-22(9-16)27-28(23-11-18(3)8-19(4)12-23)31-26(15-30-27)24-13-21(6)25(29)14-20(24)5/h7-15H,29H2,1-6H3. The molecule has 0 aliphatic heterocycles. The van der Waals surface area contributed by atoms with Crippen molar-refractivity contribution in [1.82, 2.24) is 9.97 Å². The van der Waals surface area contributed by atoms with E-state index in [1.165, 1.54) is 22.3 Å². The minimum atomic E-state index is 0.801. The third-order valence-electron chi connectivity index (χ3n) is 5.65. The van der Waals surface area contributed by atoms with Gasteiger partial charge in [0.2, 0.25) is 0 Å². The molecule has 1 aromatic heterocycles. The molecule has 4 aromatic rings. The van der Waals surface area contributed by atoms with E-state index in [-0.39, 0.29) is 0 Å². The Bertz CT molecular complexity index is 1260. The zero-order chi connectivity index (χ0) is 22.3. The van der Waals surface area contributed by atoms with E-state index in [4.69, 9.17) is 15.7 Å². The highest BCUT2D eigenvalue weighted by molar-refractivity contribution is 5.81. The lowest BCUT2D eigenvalue weighted by atomic mass is 9.97. The molecule has 0 bridgehead atoms. The summed E-state index contributed by atoms with van der Waals surface area (Å²) in [6.45, 7) is 12.6. The quantitative estimate of drug-likeness (QED) is 0.375. The molecule has 2 N–H and O–H groups in total. The Morgan fingerprint density at radius 2 is 1.10 bits per heavy atom. The number of anilines is 1. The van der Waals surface area contributed by atoms with Crippen LogP contribution >= 0.6 is 0 Å². The number of hydrogen-bond acceptors (Lipinski definition) is 3. The lowest BCUT2D eigenvalue weighted by Gasteiger charge is -2.15. The molecule has 3 heteroatoms. The van der Waals surface area contributed by atoms with Crippen molar-refractivity contribution in [3.8, 4) is 33.8 Å². The molecule has 0 fully saturated rings. The van der Waals surface area contributed by atoms with Crippen LogP contribution in [0.25, 0.3) is 33.8 Å². The second-order valence-electron chi connectivity index (χ2n) is 8.73. The summed E-state index contributed by atoms with van der Waals surface area (Å²) in [7, 11) is 0. The number of nitrogens with two attached hydrogens (primary N) is 1. The predicted molar refractivity (Wildman–Crippen MR) is 131 cm³/mol. The number of aryl methyl sites for hydroxylation is 6. The molecule has 0 atom stereocenters. The number of rotatable bonds is 3. The maximum absolute atomic E-state index is 6.11. The molecule has 0 saturated carbocycles. The largest absolute Gasteiger partial charge is 0.399 e. The van der Waals surface area contributed by atoms with Gasteiger partial charge in [-0.05, 0) is 89.1 Å². The minimum Gasteiger partial charge on any atom is -0.399 e. The third kappa shape index (κ3) is 4.22. The molecule has 1 heterocycles. The summed E-state index contributed by atoms with van der Waals surface area (Å²) < 4.78 is 0. The average molecular weight is 408 g/mol. The highest BCUT2D eigenvalue weighted by atomic mass is 14.8. The highest BCUT2D eigenvalue weighted by Gasteiger charge is 2.16. The molecule has 0 radical (unpaired) electrons. The van der Waals surface area contributed by atoms with Crippen LogP contribution in [0.1, 0.15) is 33.4 Å². The van der Waals surface area contributed by atoms with Gasteiger partial charge in [-0.2, -0.15) is 0 Å². The Kier molecular flexibility index (Phi) is 5.36. The number of benzene rings is 3. The normalized spacial score (nSPS) is 11.0. The number of nitrogens with zero attached hydrogens (tertiary/aromatic N) is 2. The lowest BCUT2D eigenvalue weighted by molar-refractivity contribution is 1.19. The first-order valence-corrected chi connectivity index (χ1v) is 10.6. The fourth-order valence-corrected chi connectivity index (χ4v) is 4.27. The van der Waals surface area contributed by atoms with E-state index in [2.05, 4.69) is 77.1 Å². The fourth-order valence-electron chi connectivity index (χ4n) is 4.27. The molecule has 3 nitrogen and oxygen atoms in total. The first-order valence-electron chi connectivity index (χ1n) is 10.6. The van der Waals surface area contributed by atoms with Crippen LogP contribution in [0.5, 0.6) is 0 Å². The van der Waals surface area contributed by atoms with Crippen molar-refractivity contribution in [1.29, 1.82) is 0 Å². The second-order valence-corrected chi connectivity index (χ2v) is 8.73. The van der Waals surface area contributed by atoms with Crippen LogP contribution in [0, 0.1) is 41.5 Å². The van der Waals surface area contributed by atoms with E-state index in [0.29, 0.717) is 0 Å². The molecule has 4 rings (SSSR count). The SMILES string of the molecule is Cc1cc(C)cc(-c2ncc(-c3cc(C)c(N)cc3C)nc2-c2cc(C)cc(C)c2)c1. The molecule has 0 saturated heterocycles. The van der Waals surface area contributed by atoms with Crippen molar-refractivity contribution in [2.24, 2.45) is 0 Å². The van der Waals surface area contributed by atoms with Gasteiger partial charge in [0.05, 0.1) is 23.3 Å². The minimum absolute atomic E-state index is 0.801. The van der Waals surface area contributed by atoms with Gasteiger partial charge >= 0.3 is 0 Å². The zero-order valence-corrected chi connectivity index (χ0v) is 19.2. The second kappa shape index (κ2) is 7.99. The van der Waals surface area contributed by atoms with E-state index in [1.54, 1.807) is 0 Å². The molecule has 156 valence electrons. The molecule has 0 aliphatic rings. The molecule has 0 amide bonds. The van der Waals surface area contributed by atoms with Crippen molar-refractivity contribution in [2.75, 3.05) is 5.73 Å². The van der Waals surface area contributed by atoms with Crippen LogP contribution < -0.4 is 5.73 Å². The van der Waals surface area contributed by atoms with Gasteiger partial charge in [-0.25, -0.2) is 4.98 Å². The molecule has 0 aliphatic carbocycles. The molecule has 3 aromatic carbocycles. The monoisotopic (exact) mass is 407 g/mol. The van der Waals surface area contributed by atoms with Crippen molar-refractivity contribution in [3.05, 3.63) is 88.1 Å². The van der Waals surface area contributed by atoms with Gasteiger partial charge in [0.25, 0.3) is 0 Å². The first kappa shape index (κ1) is 20.8. The first-order chi connectivity index (χ1) is 14.7. The van der Waals surface area contributed by atoms with Crippen LogP contribution in [0.3, 0.4) is 0 Å². The third-order valence-corrected chi connectivity index (χ3v) is 5.65. The summed E-state index contributed by atoms with van der Waals surface area (Å²) in [6, 6.07) is 17.2. The summed E-state index contributed by atoms with van der Waals surface area (Å²) in [6.07, 6.45) is 1.89. The van der Waals surface area contributed by atoms with E-state index < -0.39 is 0 Å². The van der Waals surface area contributed by atoms with Crippen LogP contribution in [-0.2, 0) is 0 Å². The summed E-state index contributed by atoms with van der Waals surface area (Å²) in [5.74, 6) is 0. The van der Waals surface area contributed by atoms with Gasteiger partial charge in [-0.1, -0.05) is 34.4 Å². The zero-order valence-electron chi connectivity index (χ0n) is 19.2. The molecular weight excluding hydrogens is 378 g/mol. The van der Waals surface area contributed by atoms with Gasteiger partial charge in [-0.15, -0.1) is 0 Å². The summed E-state index contributed by atoms with van der Waals surface area (Å²) >= 11 is 0. The molecule has 0 unspecified atom stereocenters. The van der Waals surface area contributed by atoms with Crippen LogP contribution in [0.2, 0.25) is 0 Å². The summed E-state index contributed by atoms with van der Waals surface area (Å²) in [5.41, 5.74) is 19.9. The topological polar surface area (TPSA) is 51.8 Å². The van der Waals surface area contributed by atoms with Crippen molar-refractivity contribution >= 4 is 5.69 Å². The summed E-state index contributed by atoms with van der Waals surface area (Å²) in [4.78, 5) is 10.1. The Hall–Kier alpha value is -3.46. The lowest BCUT2D eigenvalue weighted by Crippen LogP contribution is -1.99. The predicted octanol–water partition coefficient (Wildman–Crippen LogP) is 6.91.